The smallest absolute Gasteiger partial charge is 0.128 e. The van der Waals surface area contributed by atoms with Crippen LogP contribution in [-0.4, -0.2) is 35.0 Å². The number of aromatic nitrogens is 1. The van der Waals surface area contributed by atoms with Crippen molar-refractivity contribution >= 4 is 10.9 Å². The van der Waals surface area contributed by atoms with E-state index in [0.29, 0.717) is 19.2 Å². The molecule has 19 heavy (non-hydrogen) atoms. The molecule has 1 unspecified atom stereocenters. The number of aliphatic hydroxyl groups excluding tert-OH is 1. The van der Waals surface area contributed by atoms with Crippen molar-refractivity contribution in [3.05, 3.63) is 30.5 Å². The van der Waals surface area contributed by atoms with Gasteiger partial charge in [-0.3, -0.25) is 0 Å². The Labute approximate surface area is 114 Å². The van der Waals surface area contributed by atoms with Gasteiger partial charge in [0.1, 0.15) is 18.5 Å². The Balaban J connectivity index is 1.98. The Kier molecular flexibility index (Phi) is 4.45. The highest BCUT2D eigenvalue weighted by atomic mass is 16.5. The van der Waals surface area contributed by atoms with Crippen LogP contribution in [0.5, 0.6) is 5.75 Å². The van der Waals surface area contributed by atoms with Gasteiger partial charge in [-0.15, -0.1) is 0 Å². The molecule has 0 fully saturated rings. The molecule has 0 saturated heterocycles. The molecule has 2 N–H and O–H groups in total. The molecule has 2 rings (SSSR count). The van der Waals surface area contributed by atoms with Crippen LogP contribution in [-0.2, 0) is 7.05 Å². The largest absolute Gasteiger partial charge is 0.490 e. The van der Waals surface area contributed by atoms with Crippen LogP contribution in [0.2, 0.25) is 0 Å². The maximum absolute atomic E-state index is 9.84. The first-order valence-electron chi connectivity index (χ1n) is 6.66. The van der Waals surface area contributed by atoms with E-state index in [1.165, 1.54) is 0 Å². The molecule has 104 valence electrons. The fraction of sp³-hybridized carbons (Fsp3) is 0.467. The van der Waals surface area contributed by atoms with Gasteiger partial charge in [0.05, 0.1) is 5.52 Å². The number of hydrogen-bond acceptors (Lipinski definition) is 3. The number of nitrogens with one attached hydrogen (secondary N) is 1. The maximum atomic E-state index is 9.84. The van der Waals surface area contributed by atoms with E-state index in [-0.39, 0.29) is 0 Å². The standard InChI is InChI=1S/C15H22N2O2/c1-11(2)16-9-12(18)10-19-15-6-4-5-14-13(15)7-8-17(14)3/h4-8,11-12,16,18H,9-10H2,1-3H3. The summed E-state index contributed by atoms with van der Waals surface area (Å²) in [6.07, 6.45) is 1.51. The number of fused-ring (bicyclic) bond motifs is 1. The Morgan fingerprint density at radius 2 is 2.11 bits per heavy atom. The van der Waals surface area contributed by atoms with E-state index >= 15 is 0 Å². The average Bonchev–Trinajstić information content (AvgIpc) is 2.76. The second-order valence-corrected chi connectivity index (χ2v) is 5.14. The Morgan fingerprint density at radius 3 is 2.84 bits per heavy atom. The lowest BCUT2D eigenvalue weighted by molar-refractivity contribution is 0.105. The monoisotopic (exact) mass is 262 g/mol. The van der Waals surface area contributed by atoms with E-state index in [4.69, 9.17) is 4.74 Å². The summed E-state index contributed by atoms with van der Waals surface area (Å²) in [7, 11) is 2.01. The lowest BCUT2D eigenvalue weighted by atomic mass is 10.2. The quantitative estimate of drug-likeness (QED) is 0.836. The molecule has 0 aliphatic carbocycles. The van der Waals surface area contributed by atoms with Crippen LogP contribution in [0.1, 0.15) is 13.8 Å². The number of ether oxygens (including phenoxy) is 1. The molecule has 4 heteroatoms. The van der Waals surface area contributed by atoms with Gasteiger partial charge >= 0.3 is 0 Å². The molecule has 0 aliphatic rings. The van der Waals surface area contributed by atoms with Gasteiger partial charge in [0.25, 0.3) is 0 Å². The molecule has 0 spiro atoms. The molecule has 0 saturated carbocycles. The Morgan fingerprint density at radius 1 is 1.32 bits per heavy atom. The highest BCUT2D eigenvalue weighted by Crippen LogP contribution is 2.25. The first-order valence-corrected chi connectivity index (χ1v) is 6.66. The molecule has 1 aromatic heterocycles. The van der Waals surface area contributed by atoms with Crippen LogP contribution < -0.4 is 10.1 Å². The fourth-order valence-electron chi connectivity index (χ4n) is 2.02. The van der Waals surface area contributed by atoms with Crippen LogP contribution in [0, 0.1) is 0 Å². The van der Waals surface area contributed by atoms with E-state index in [9.17, 15) is 5.11 Å². The molecule has 4 nitrogen and oxygen atoms in total. The molecule has 0 radical (unpaired) electrons. The van der Waals surface area contributed by atoms with Crippen LogP contribution >= 0.6 is 0 Å². The SMILES string of the molecule is CC(C)NCC(O)COc1cccc2c1ccn2C. The van der Waals surface area contributed by atoms with Crippen molar-refractivity contribution in [1.29, 1.82) is 0 Å². The zero-order chi connectivity index (χ0) is 13.8. The minimum absolute atomic E-state index is 0.299. The van der Waals surface area contributed by atoms with E-state index in [2.05, 4.69) is 29.8 Å². The van der Waals surface area contributed by atoms with Gasteiger partial charge in [-0.25, -0.2) is 0 Å². The number of aryl methyl sites for hydroxylation is 1. The van der Waals surface area contributed by atoms with E-state index in [1.54, 1.807) is 0 Å². The van der Waals surface area contributed by atoms with Crippen molar-refractivity contribution in [2.75, 3.05) is 13.2 Å². The summed E-state index contributed by atoms with van der Waals surface area (Å²) in [5.74, 6) is 0.821. The van der Waals surface area contributed by atoms with Gasteiger partial charge in [0.15, 0.2) is 0 Å². The topological polar surface area (TPSA) is 46.4 Å². The zero-order valence-corrected chi connectivity index (χ0v) is 11.8. The average molecular weight is 262 g/mol. The molecule has 1 aromatic carbocycles. The summed E-state index contributed by atoms with van der Waals surface area (Å²) >= 11 is 0. The second-order valence-electron chi connectivity index (χ2n) is 5.14. The molecular weight excluding hydrogens is 240 g/mol. The first kappa shape index (κ1) is 13.9. The summed E-state index contributed by atoms with van der Waals surface area (Å²) in [5.41, 5.74) is 1.13. The molecule has 1 heterocycles. The van der Waals surface area contributed by atoms with E-state index < -0.39 is 6.10 Å². The van der Waals surface area contributed by atoms with Crippen LogP contribution in [0.3, 0.4) is 0 Å². The predicted molar refractivity (Wildman–Crippen MR) is 77.6 cm³/mol. The molecule has 1 atom stereocenters. The van der Waals surface area contributed by atoms with Gasteiger partial charge in [-0.1, -0.05) is 19.9 Å². The number of nitrogens with zero attached hydrogens (tertiary/aromatic N) is 1. The van der Waals surface area contributed by atoms with E-state index in [1.807, 2.05) is 31.4 Å². The summed E-state index contributed by atoms with van der Waals surface area (Å²) in [5, 5.41) is 14.1. The van der Waals surface area contributed by atoms with Crippen molar-refractivity contribution in [2.24, 2.45) is 7.05 Å². The third kappa shape index (κ3) is 3.49. The summed E-state index contributed by atoms with van der Waals surface area (Å²) < 4.78 is 7.78. The summed E-state index contributed by atoms with van der Waals surface area (Å²) in [6.45, 7) is 4.95. The van der Waals surface area contributed by atoms with Gasteiger partial charge in [0.2, 0.25) is 0 Å². The lowest BCUT2D eigenvalue weighted by Crippen LogP contribution is -2.35. The maximum Gasteiger partial charge on any atom is 0.128 e. The van der Waals surface area contributed by atoms with Crippen molar-refractivity contribution in [3.8, 4) is 5.75 Å². The normalized spacial score (nSPS) is 13.1. The number of rotatable bonds is 6. The molecule has 0 bridgehead atoms. The second kappa shape index (κ2) is 6.08. The Hall–Kier alpha value is -1.52. The minimum atomic E-state index is -0.499. The highest BCUT2D eigenvalue weighted by molar-refractivity contribution is 5.86. The van der Waals surface area contributed by atoms with Crippen LogP contribution in [0.25, 0.3) is 10.9 Å². The van der Waals surface area contributed by atoms with Gasteiger partial charge in [-0.2, -0.15) is 0 Å². The third-order valence-electron chi connectivity index (χ3n) is 3.08. The minimum Gasteiger partial charge on any atom is -0.490 e. The lowest BCUT2D eigenvalue weighted by Gasteiger charge is -2.15. The number of hydrogen-bond donors (Lipinski definition) is 2. The van der Waals surface area contributed by atoms with Crippen molar-refractivity contribution in [1.82, 2.24) is 9.88 Å². The van der Waals surface area contributed by atoms with Crippen molar-refractivity contribution in [2.45, 2.75) is 26.0 Å². The molecular formula is C15H22N2O2. The van der Waals surface area contributed by atoms with Crippen molar-refractivity contribution in [3.63, 3.8) is 0 Å². The van der Waals surface area contributed by atoms with Gasteiger partial charge in [-0.05, 0) is 18.2 Å². The van der Waals surface area contributed by atoms with Gasteiger partial charge in [0, 0.05) is 31.2 Å². The van der Waals surface area contributed by atoms with Gasteiger partial charge < -0.3 is 19.7 Å². The van der Waals surface area contributed by atoms with Crippen LogP contribution in [0.15, 0.2) is 30.5 Å². The first-order chi connectivity index (χ1) is 9.08. The molecule has 2 aromatic rings. The molecule has 0 aliphatic heterocycles. The summed E-state index contributed by atoms with van der Waals surface area (Å²) in [6, 6.07) is 8.36. The van der Waals surface area contributed by atoms with Crippen LogP contribution in [0.4, 0.5) is 0 Å². The van der Waals surface area contributed by atoms with Crippen molar-refractivity contribution < 1.29 is 9.84 Å². The zero-order valence-electron chi connectivity index (χ0n) is 11.8. The number of aliphatic hydroxyl groups is 1. The number of benzene rings is 1. The molecule has 0 amide bonds. The third-order valence-corrected chi connectivity index (χ3v) is 3.08. The predicted octanol–water partition coefficient (Wildman–Crippen LogP) is 1.92. The Bertz CT molecular complexity index is 534. The highest BCUT2D eigenvalue weighted by Gasteiger charge is 2.09. The van der Waals surface area contributed by atoms with E-state index in [0.717, 1.165) is 16.7 Å². The fourth-order valence-corrected chi connectivity index (χ4v) is 2.02. The summed E-state index contributed by atoms with van der Waals surface area (Å²) in [4.78, 5) is 0.